The molecule has 1 amide bonds. The predicted molar refractivity (Wildman–Crippen MR) is 94.6 cm³/mol. The molecule has 0 saturated carbocycles. The quantitative estimate of drug-likeness (QED) is 0.611. The number of benzene rings is 2. The summed E-state index contributed by atoms with van der Waals surface area (Å²) in [6.07, 6.45) is 0. The molecule has 2 aromatic rings. The molecule has 1 atom stereocenters. The van der Waals surface area contributed by atoms with E-state index in [2.05, 4.69) is 5.32 Å². The van der Waals surface area contributed by atoms with Gasteiger partial charge < -0.3 is 10.1 Å². The fourth-order valence-electron chi connectivity index (χ4n) is 2.09. The summed E-state index contributed by atoms with van der Waals surface area (Å²) in [5, 5.41) is 3.06. The third kappa shape index (κ3) is 4.94. The summed E-state index contributed by atoms with van der Waals surface area (Å²) >= 11 is 11.8. The highest BCUT2D eigenvalue weighted by Gasteiger charge is 2.28. The molecule has 7 heteroatoms. The van der Waals surface area contributed by atoms with Crippen molar-refractivity contribution in [2.45, 2.75) is 19.9 Å². The molecule has 0 unspecified atom stereocenters. The van der Waals surface area contributed by atoms with E-state index in [1.54, 1.807) is 19.9 Å². The Hall–Kier alpha value is -2.11. The number of hydrogen-bond acceptors (Lipinski definition) is 3. The minimum absolute atomic E-state index is 0.0879. The van der Waals surface area contributed by atoms with Gasteiger partial charge in [0.2, 0.25) is 0 Å². The summed E-state index contributed by atoms with van der Waals surface area (Å²) in [7, 11) is 0. The molecular weight excluding hydrogens is 368 g/mol. The lowest BCUT2D eigenvalue weighted by Crippen LogP contribution is -2.46. The highest BCUT2D eigenvalue weighted by Crippen LogP contribution is 2.28. The highest BCUT2D eigenvalue weighted by atomic mass is 35.5. The zero-order chi connectivity index (χ0) is 18.6. The smallest absolute Gasteiger partial charge is 0.334 e. The van der Waals surface area contributed by atoms with Gasteiger partial charge in [0.1, 0.15) is 11.9 Å². The van der Waals surface area contributed by atoms with E-state index in [4.69, 9.17) is 27.9 Å². The van der Waals surface area contributed by atoms with Crippen LogP contribution in [0.4, 0.5) is 4.39 Å². The van der Waals surface area contributed by atoms with Crippen molar-refractivity contribution in [1.82, 2.24) is 5.32 Å². The van der Waals surface area contributed by atoms with Crippen LogP contribution >= 0.6 is 23.2 Å². The Kier molecular flexibility index (Phi) is 6.39. The molecule has 0 fully saturated rings. The summed E-state index contributed by atoms with van der Waals surface area (Å²) in [4.78, 5) is 24.7. The average molecular weight is 384 g/mol. The van der Waals surface area contributed by atoms with Crippen molar-refractivity contribution in [3.05, 3.63) is 63.9 Å². The molecule has 2 aromatic carbocycles. The van der Waals surface area contributed by atoms with Crippen molar-refractivity contribution in [1.29, 1.82) is 0 Å². The number of esters is 1. The van der Waals surface area contributed by atoms with Gasteiger partial charge in [-0.05, 0) is 30.2 Å². The maximum absolute atomic E-state index is 13.7. The van der Waals surface area contributed by atoms with E-state index in [1.807, 2.05) is 0 Å². The first-order chi connectivity index (χ1) is 11.8. The second-order valence-corrected chi connectivity index (χ2v) is 6.51. The molecular formula is C18H16Cl2FNO3. The second kappa shape index (κ2) is 8.32. The van der Waals surface area contributed by atoms with Crippen LogP contribution in [0.5, 0.6) is 5.75 Å². The fraction of sp³-hybridized carbons (Fsp3) is 0.222. The van der Waals surface area contributed by atoms with Crippen LogP contribution in [0, 0.1) is 11.7 Å². The van der Waals surface area contributed by atoms with Gasteiger partial charge in [-0.25, -0.2) is 9.18 Å². The first-order valence-electron chi connectivity index (χ1n) is 7.51. The molecule has 0 aromatic heterocycles. The summed E-state index contributed by atoms with van der Waals surface area (Å²) in [5.41, 5.74) is -0.151. The van der Waals surface area contributed by atoms with Gasteiger partial charge in [-0.15, -0.1) is 0 Å². The van der Waals surface area contributed by atoms with E-state index < -0.39 is 23.7 Å². The molecule has 0 saturated heterocycles. The van der Waals surface area contributed by atoms with E-state index >= 15 is 0 Å². The minimum Gasteiger partial charge on any atom is -0.423 e. The third-order valence-electron chi connectivity index (χ3n) is 3.43. The Balaban J connectivity index is 2.17. The monoisotopic (exact) mass is 383 g/mol. The number of carbonyl (C=O) groups is 2. The van der Waals surface area contributed by atoms with Gasteiger partial charge in [-0.2, -0.15) is 0 Å². The van der Waals surface area contributed by atoms with E-state index in [9.17, 15) is 14.0 Å². The Labute approximate surface area is 154 Å². The van der Waals surface area contributed by atoms with Crippen LogP contribution in [0.3, 0.4) is 0 Å². The Morgan fingerprint density at radius 3 is 2.44 bits per heavy atom. The van der Waals surface area contributed by atoms with Crippen molar-refractivity contribution in [2.24, 2.45) is 5.92 Å². The Morgan fingerprint density at radius 2 is 1.80 bits per heavy atom. The number of carbonyl (C=O) groups excluding carboxylic acids is 2. The number of amides is 1. The first-order valence-corrected chi connectivity index (χ1v) is 8.27. The van der Waals surface area contributed by atoms with Gasteiger partial charge in [-0.3, -0.25) is 4.79 Å². The lowest BCUT2D eigenvalue weighted by Gasteiger charge is -2.21. The summed E-state index contributed by atoms with van der Waals surface area (Å²) in [5.74, 6) is -2.30. The molecule has 0 aliphatic carbocycles. The van der Waals surface area contributed by atoms with Crippen LogP contribution in [0.1, 0.15) is 24.2 Å². The van der Waals surface area contributed by atoms with Gasteiger partial charge in [0.25, 0.3) is 5.91 Å². The van der Waals surface area contributed by atoms with Gasteiger partial charge >= 0.3 is 5.97 Å². The SMILES string of the molecule is CC(C)[C@H](NC(=O)c1ccccc1F)C(=O)Oc1cc(Cl)ccc1Cl. The van der Waals surface area contributed by atoms with E-state index in [-0.39, 0.29) is 22.3 Å². The van der Waals surface area contributed by atoms with E-state index in [1.165, 1.54) is 36.4 Å². The van der Waals surface area contributed by atoms with Gasteiger partial charge in [0.05, 0.1) is 10.6 Å². The predicted octanol–water partition coefficient (Wildman–Crippen LogP) is 4.49. The molecule has 4 nitrogen and oxygen atoms in total. The van der Waals surface area contributed by atoms with Crippen molar-refractivity contribution in [3.8, 4) is 5.75 Å². The fourth-order valence-corrected chi connectivity index (χ4v) is 2.41. The molecule has 2 rings (SSSR count). The van der Waals surface area contributed by atoms with Crippen LogP contribution in [0.2, 0.25) is 10.0 Å². The lowest BCUT2D eigenvalue weighted by molar-refractivity contribution is -0.137. The van der Waals surface area contributed by atoms with Crippen molar-refractivity contribution >= 4 is 35.1 Å². The molecule has 0 spiro atoms. The van der Waals surface area contributed by atoms with E-state index in [0.29, 0.717) is 5.02 Å². The summed E-state index contributed by atoms with van der Waals surface area (Å²) < 4.78 is 19.0. The van der Waals surface area contributed by atoms with Gasteiger partial charge in [0, 0.05) is 11.1 Å². The number of halogens is 3. The van der Waals surface area contributed by atoms with Crippen molar-refractivity contribution in [3.63, 3.8) is 0 Å². The molecule has 0 aliphatic rings. The van der Waals surface area contributed by atoms with Gasteiger partial charge in [0.15, 0.2) is 5.75 Å². The van der Waals surface area contributed by atoms with Crippen LogP contribution in [0.25, 0.3) is 0 Å². The molecule has 0 aliphatic heterocycles. The topological polar surface area (TPSA) is 55.4 Å². The second-order valence-electron chi connectivity index (χ2n) is 5.67. The molecule has 132 valence electrons. The zero-order valence-electron chi connectivity index (χ0n) is 13.6. The van der Waals surface area contributed by atoms with Gasteiger partial charge in [-0.1, -0.05) is 49.2 Å². The highest BCUT2D eigenvalue weighted by molar-refractivity contribution is 6.34. The van der Waals surface area contributed by atoms with Crippen LogP contribution < -0.4 is 10.1 Å². The maximum atomic E-state index is 13.7. The summed E-state index contributed by atoms with van der Waals surface area (Å²) in [6.45, 7) is 3.46. The third-order valence-corrected chi connectivity index (χ3v) is 3.98. The zero-order valence-corrected chi connectivity index (χ0v) is 15.1. The van der Waals surface area contributed by atoms with Crippen molar-refractivity contribution < 1.29 is 18.7 Å². The molecule has 25 heavy (non-hydrogen) atoms. The number of nitrogens with one attached hydrogen (secondary N) is 1. The largest absolute Gasteiger partial charge is 0.423 e. The normalized spacial score (nSPS) is 11.9. The van der Waals surface area contributed by atoms with Crippen LogP contribution in [-0.4, -0.2) is 17.9 Å². The minimum atomic E-state index is -0.984. The van der Waals surface area contributed by atoms with E-state index in [0.717, 1.165) is 0 Å². The molecule has 0 bridgehead atoms. The standard InChI is InChI=1S/C18H16Cl2FNO3/c1-10(2)16(22-17(23)12-5-3-4-6-14(12)21)18(24)25-15-9-11(19)7-8-13(15)20/h3-10,16H,1-2H3,(H,22,23)/t16-/m0/s1. The summed E-state index contributed by atoms with van der Waals surface area (Å²) in [6, 6.07) is 8.98. The number of ether oxygens (including phenoxy) is 1. The molecule has 0 radical (unpaired) electrons. The maximum Gasteiger partial charge on any atom is 0.334 e. The Morgan fingerprint density at radius 1 is 1.12 bits per heavy atom. The first kappa shape index (κ1) is 19.2. The van der Waals surface area contributed by atoms with Crippen molar-refractivity contribution in [2.75, 3.05) is 0 Å². The number of rotatable bonds is 5. The van der Waals surface area contributed by atoms with Crippen LogP contribution in [0.15, 0.2) is 42.5 Å². The average Bonchev–Trinajstić information content (AvgIpc) is 2.55. The number of hydrogen-bond donors (Lipinski definition) is 1. The van der Waals surface area contributed by atoms with Crippen LogP contribution in [-0.2, 0) is 4.79 Å². The molecule has 0 heterocycles. The molecule has 1 N–H and O–H groups in total. The lowest BCUT2D eigenvalue weighted by atomic mass is 10.0. The Bertz CT molecular complexity index is 796.